The first-order chi connectivity index (χ1) is 13.5. The average Bonchev–Trinajstić information content (AvgIpc) is 3.31. The molecule has 1 saturated carbocycles. The lowest BCUT2D eigenvalue weighted by atomic mass is 10.2. The SMILES string of the molecule is Cc1cc(/C=C/C(=O)OCC(=O)Nc2ccc3c(c2)OCO3)c(C)n1C1CC1. The van der Waals surface area contributed by atoms with Crippen molar-refractivity contribution >= 4 is 23.6 Å². The van der Waals surface area contributed by atoms with Crippen LogP contribution >= 0.6 is 0 Å². The van der Waals surface area contributed by atoms with Gasteiger partial charge in [0.1, 0.15) is 0 Å². The van der Waals surface area contributed by atoms with Gasteiger partial charge in [0.25, 0.3) is 5.91 Å². The Bertz CT molecular complexity index is 956. The zero-order valence-corrected chi connectivity index (χ0v) is 15.9. The number of aryl methyl sites for hydroxylation is 1. The lowest BCUT2D eigenvalue weighted by molar-refractivity contribution is -0.142. The molecule has 28 heavy (non-hydrogen) atoms. The summed E-state index contributed by atoms with van der Waals surface area (Å²) >= 11 is 0. The first kappa shape index (κ1) is 18.2. The number of carbonyl (C=O) groups is 2. The van der Waals surface area contributed by atoms with Crippen molar-refractivity contribution in [2.45, 2.75) is 32.7 Å². The number of rotatable bonds is 6. The summed E-state index contributed by atoms with van der Waals surface area (Å²) in [6.07, 6.45) is 5.51. The van der Waals surface area contributed by atoms with Crippen LogP contribution in [0.15, 0.2) is 30.3 Å². The molecule has 0 radical (unpaired) electrons. The Hall–Kier alpha value is -3.22. The third-order valence-corrected chi connectivity index (χ3v) is 4.84. The number of fused-ring (bicyclic) bond motifs is 1. The summed E-state index contributed by atoms with van der Waals surface area (Å²) in [7, 11) is 0. The Morgan fingerprint density at radius 2 is 2.00 bits per heavy atom. The van der Waals surface area contributed by atoms with Crippen LogP contribution in [0.4, 0.5) is 5.69 Å². The highest BCUT2D eigenvalue weighted by molar-refractivity contribution is 5.95. The summed E-state index contributed by atoms with van der Waals surface area (Å²) in [5, 5.41) is 2.66. The number of nitrogens with zero attached hydrogens (tertiary/aromatic N) is 1. The van der Waals surface area contributed by atoms with Crippen LogP contribution in [-0.2, 0) is 14.3 Å². The topological polar surface area (TPSA) is 78.8 Å². The van der Waals surface area contributed by atoms with Gasteiger partial charge in [0.05, 0.1) is 0 Å². The van der Waals surface area contributed by atoms with E-state index in [1.54, 1.807) is 24.3 Å². The van der Waals surface area contributed by atoms with E-state index in [1.165, 1.54) is 24.6 Å². The van der Waals surface area contributed by atoms with E-state index in [2.05, 4.69) is 29.8 Å². The molecule has 1 aliphatic heterocycles. The number of anilines is 1. The smallest absolute Gasteiger partial charge is 0.331 e. The van der Waals surface area contributed by atoms with Crippen molar-refractivity contribution in [2.75, 3.05) is 18.7 Å². The van der Waals surface area contributed by atoms with Gasteiger partial charge in [-0.1, -0.05) is 0 Å². The van der Waals surface area contributed by atoms with Gasteiger partial charge in [-0.05, 0) is 56.5 Å². The van der Waals surface area contributed by atoms with Gasteiger partial charge >= 0.3 is 5.97 Å². The summed E-state index contributed by atoms with van der Waals surface area (Å²) < 4.78 is 17.8. The van der Waals surface area contributed by atoms with Crippen LogP contribution in [0.2, 0.25) is 0 Å². The van der Waals surface area contributed by atoms with E-state index in [0.29, 0.717) is 23.2 Å². The fourth-order valence-electron chi connectivity index (χ4n) is 3.38. The monoisotopic (exact) mass is 382 g/mol. The van der Waals surface area contributed by atoms with Crippen LogP contribution in [0.3, 0.4) is 0 Å². The summed E-state index contributed by atoms with van der Waals surface area (Å²) in [6, 6.07) is 7.73. The number of hydrogen-bond donors (Lipinski definition) is 1. The predicted octanol–water partition coefficient (Wildman–Crippen LogP) is 3.36. The number of carbonyl (C=O) groups excluding carboxylic acids is 2. The normalized spacial score (nSPS) is 15.1. The van der Waals surface area contributed by atoms with E-state index in [1.807, 2.05) is 0 Å². The molecule has 2 aromatic rings. The van der Waals surface area contributed by atoms with E-state index < -0.39 is 11.9 Å². The molecule has 7 nitrogen and oxygen atoms in total. The zero-order valence-electron chi connectivity index (χ0n) is 15.9. The molecule has 2 heterocycles. The van der Waals surface area contributed by atoms with Gasteiger partial charge in [0.2, 0.25) is 6.79 Å². The molecule has 1 aliphatic carbocycles. The lowest BCUT2D eigenvalue weighted by Gasteiger charge is -2.07. The Kier molecular flexibility index (Phi) is 4.81. The molecule has 0 unspecified atom stereocenters. The number of nitrogens with one attached hydrogen (secondary N) is 1. The number of esters is 1. The van der Waals surface area contributed by atoms with Crippen molar-refractivity contribution in [1.29, 1.82) is 0 Å². The number of benzene rings is 1. The number of hydrogen-bond acceptors (Lipinski definition) is 5. The fourth-order valence-corrected chi connectivity index (χ4v) is 3.38. The minimum absolute atomic E-state index is 0.166. The molecule has 0 saturated heterocycles. The van der Waals surface area contributed by atoms with Crippen molar-refractivity contribution in [1.82, 2.24) is 4.57 Å². The van der Waals surface area contributed by atoms with E-state index in [9.17, 15) is 9.59 Å². The molecule has 4 rings (SSSR count). The Labute approximate surface area is 162 Å². The fraction of sp³-hybridized carbons (Fsp3) is 0.333. The first-order valence-corrected chi connectivity index (χ1v) is 9.24. The van der Waals surface area contributed by atoms with Gasteiger partial charge < -0.3 is 24.1 Å². The molecular weight excluding hydrogens is 360 g/mol. The molecule has 0 spiro atoms. The van der Waals surface area contributed by atoms with Crippen molar-refractivity contribution < 1.29 is 23.8 Å². The third kappa shape index (κ3) is 3.88. The van der Waals surface area contributed by atoms with Gasteiger partial charge in [0, 0.05) is 35.3 Å². The lowest BCUT2D eigenvalue weighted by Crippen LogP contribution is -2.20. The van der Waals surface area contributed by atoms with Crippen LogP contribution < -0.4 is 14.8 Å². The van der Waals surface area contributed by atoms with Crippen LogP contribution in [0, 0.1) is 13.8 Å². The second-order valence-corrected chi connectivity index (χ2v) is 6.98. The van der Waals surface area contributed by atoms with Crippen molar-refractivity contribution in [3.63, 3.8) is 0 Å². The quantitative estimate of drug-likeness (QED) is 0.612. The third-order valence-electron chi connectivity index (χ3n) is 4.84. The van der Waals surface area contributed by atoms with Crippen molar-refractivity contribution in [3.8, 4) is 11.5 Å². The molecule has 1 N–H and O–H groups in total. The molecule has 7 heteroatoms. The second-order valence-electron chi connectivity index (χ2n) is 6.98. The highest BCUT2D eigenvalue weighted by atomic mass is 16.7. The molecule has 1 aromatic heterocycles. The van der Waals surface area contributed by atoms with Gasteiger partial charge in [-0.3, -0.25) is 4.79 Å². The Morgan fingerprint density at radius 3 is 2.79 bits per heavy atom. The number of ether oxygens (including phenoxy) is 3. The molecule has 0 bridgehead atoms. The van der Waals surface area contributed by atoms with Gasteiger partial charge in [0.15, 0.2) is 18.1 Å². The first-order valence-electron chi connectivity index (χ1n) is 9.24. The van der Waals surface area contributed by atoms with E-state index in [0.717, 1.165) is 11.3 Å². The summed E-state index contributed by atoms with van der Waals surface area (Å²) in [5.41, 5.74) is 3.88. The summed E-state index contributed by atoms with van der Waals surface area (Å²) in [6.45, 7) is 3.93. The Balaban J connectivity index is 1.29. The highest BCUT2D eigenvalue weighted by Gasteiger charge is 2.26. The van der Waals surface area contributed by atoms with Gasteiger partial charge in [-0.25, -0.2) is 4.79 Å². The maximum Gasteiger partial charge on any atom is 0.331 e. The molecule has 1 fully saturated rings. The van der Waals surface area contributed by atoms with Crippen molar-refractivity contribution in [2.24, 2.45) is 0 Å². The molecule has 0 atom stereocenters. The van der Waals surface area contributed by atoms with Crippen LogP contribution in [0.1, 0.15) is 35.8 Å². The maximum atomic E-state index is 12.0. The van der Waals surface area contributed by atoms with E-state index in [4.69, 9.17) is 14.2 Å². The molecule has 1 aromatic carbocycles. The summed E-state index contributed by atoms with van der Waals surface area (Å²) in [4.78, 5) is 23.9. The molecule has 146 valence electrons. The average molecular weight is 382 g/mol. The molecular formula is C21H22N2O5. The molecule has 1 amide bonds. The van der Waals surface area contributed by atoms with Gasteiger partial charge in [-0.2, -0.15) is 0 Å². The largest absolute Gasteiger partial charge is 0.454 e. The van der Waals surface area contributed by atoms with Gasteiger partial charge in [-0.15, -0.1) is 0 Å². The predicted molar refractivity (Wildman–Crippen MR) is 103 cm³/mol. The van der Waals surface area contributed by atoms with Crippen LogP contribution in [0.5, 0.6) is 11.5 Å². The zero-order chi connectivity index (χ0) is 19.7. The number of aromatic nitrogens is 1. The summed E-state index contributed by atoms with van der Waals surface area (Å²) in [5.74, 6) is 0.224. The second kappa shape index (κ2) is 7.42. The van der Waals surface area contributed by atoms with E-state index in [-0.39, 0.29) is 13.4 Å². The minimum atomic E-state index is -0.558. The van der Waals surface area contributed by atoms with Crippen molar-refractivity contribution in [3.05, 3.63) is 47.3 Å². The highest BCUT2D eigenvalue weighted by Crippen LogP contribution is 2.38. The Morgan fingerprint density at radius 1 is 1.21 bits per heavy atom. The molecule has 2 aliphatic rings. The van der Waals surface area contributed by atoms with Crippen LogP contribution in [-0.4, -0.2) is 29.8 Å². The minimum Gasteiger partial charge on any atom is -0.454 e. The van der Waals surface area contributed by atoms with E-state index >= 15 is 0 Å². The van der Waals surface area contributed by atoms with Crippen LogP contribution in [0.25, 0.3) is 6.08 Å². The standard InChI is InChI=1S/C21H22N2O5/c1-13-9-15(14(2)23(13)17-5-6-17)3-8-21(25)26-11-20(24)22-16-4-7-18-19(10-16)28-12-27-18/h3-4,7-10,17H,5-6,11-12H2,1-2H3,(H,22,24)/b8-3+. The maximum absolute atomic E-state index is 12.0. The number of amides is 1.